The van der Waals surface area contributed by atoms with E-state index in [2.05, 4.69) is 17.2 Å². The van der Waals surface area contributed by atoms with Crippen molar-refractivity contribution < 1.29 is 4.79 Å². The molecule has 0 aromatic carbocycles. The number of amides is 1. The number of carbonyl (C=O) groups is 1. The van der Waals surface area contributed by atoms with Crippen LogP contribution in [0.4, 0.5) is 0 Å². The van der Waals surface area contributed by atoms with Crippen molar-refractivity contribution in [3.05, 3.63) is 0 Å². The largest absolute Gasteiger partial charge is 0.343 e. The van der Waals surface area contributed by atoms with Gasteiger partial charge in [-0.2, -0.15) is 5.10 Å². The molecule has 4 heteroatoms. The molecule has 1 N–H and O–H groups in total. The highest BCUT2D eigenvalue weighted by Crippen LogP contribution is 2.09. The number of rotatable bonds is 2. The maximum absolute atomic E-state index is 10.9. The van der Waals surface area contributed by atoms with Crippen molar-refractivity contribution in [2.75, 3.05) is 13.1 Å². The van der Waals surface area contributed by atoms with Crippen LogP contribution in [0.1, 0.15) is 19.8 Å². The van der Waals surface area contributed by atoms with Gasteiger partial charge < -0.3 is 10.3 Å². The van der Waals surface area contributed by atoms with Crippen LogP contribution in [0.15, 0.2) is 5.10 Å². The molecular formula is C8H15N3O. The first-order valence-corrected chi connectivity index (χ1v) is 4.21. The fourth-order valence-electron chi connectivity index (χ4n) is 1.45. The first kappa shape index (κ1) is 9.03. The molecule has 1 fully saturated rings. The minimum Gasteiger partial charge on any atom is -0.343 e. The van der Waals surface area contributed by atoms with E-state index in [9.17, 15) is 4.79 Å². The Kier molecular flexibility index (Phi) is 3.08. The van der Waals surface area contributed by atoms with Gasteiger partial charge in [0, 0.05) is 32.8 Å². The smallest absolute Gasteiger partial charge is 0.219 e. The average molecular weight is 169 g/mol. The zero-order valence-corrected chi connectivity index (χ0v) is 7.42. The Balaban J connectivity index is 2.29. The second kappa shape index (κ2) is 4.09. The lowest BCUT2D eigenvalue weighted by Gasteiger charge is -2.30. The molecule has 0 spiro atoms. The lowest BCUT2D eigenvalue weighted by molar-refractivity contribution is -0.129. The van der Waals surface area contributed by atoms with Gasteiger partial charge in [-0.1, -0.05) is 0 Å². The maximum atomic E-state index is 10.9. The second-order valence-corrected chi connectivity index (χ2v) is 3.07. The Bertz CT molecular complexity index is 173. The Hall–Kier alpha value is -1.06. The predicted molar refractivity (Wildman–Crippen MR) is 48.0 cm³/mol. The summed E-state index contributed by atoms with van der Waals surface area (Å²) in [7, 11) is 0. The number of carbonyl (C=O) groups excluding carboxylic acids is 1. The van der Waals surface area contributed by atoms with Gasteiger partial charge in [-0.25, -0.2) is 0 Å². The average Bonchev–Trinajstić information content (AvgIpc) is 2.06. The maximum Gasteiger partial charge on any atom is 0.219 e. The van der Waals surface area contributed by atoms with E-state index in [1.807, 2.05) is 4.90 Å². The van der Waals surface area contributed by atoms with Gasteiger partial charge in [-0.15, -0.1) is 0 Å². The zero-order valence-electron chi connectivity index (χ0n) is 7.42. The summed E-state index contributed by atoms with van der Waals surface area (Å²) in [6.45, 7) is 6.65. The van der Waals surface area contributed by atoms with Gasteiger partial charge in [-0.3, -0.25) is 4.79 Å². The van der Waals surface area contributed by atoms with E-state index in [0.717, 1.165) is 25.9 Å². The lowest BCUT2D eigenvalue weighted by Crippen LogP contribution is -2.42. The highest BCUT2D eigenvalue weighted by atomic mass is 16.2. The molecule has 0 atom stereocenters. The number of hydrogen-bond acceptors (Lipinski definition) is 3. The SMILES string of the molecule is C=NNC1CCN(C(C)=O)CC1. The molecule has 0 saturated carbocycles. The van der Waals surface area contributed by atoms with Crippen LogP contribution < -0.4 is 5.43 Å². The van der Waals surface area contributed by atoms with E-state index in [0.29, 0.717) is 6.04 Å². The Morgan fingerprint density at radius 2 is 2.17 bits per heavy atom. The van der Waals surface area contributed by atoms with E-state index in [4.69, 9.17) is 0 Å². The summed E-state index contributed by atoms with van der Waals surface area (Å²) in [4.78, 5) is 12.8. The topological polar surface area (TPSA) is 44.7 Å². The predicted octanol–water partition coefficient (Wildman–Crippen LogP) is 0.202. The van der Waals surface area contributed by atoms with E-state index < -0.39 is 0 Å². The molecule has 0 aliphatic carbocycles. The summed E-state index contributed by atoms with van der Waals surface area (Å²) < 4.78 is 0. The monoisotopic (exact) mass is 169 g/mol. The lowest BCUT2D eigenvalue weighted by atomic mass is 10.1. The Morgan fingerprint density at radius 1 is 1.58 bits per heavy atom. The van der Waals surface area contributed by atoms with Crippen molar-refractivity contribution in [3.63, 3.8) is 0 Å². The fourth-order valence-corrected chi connectivity index (χ4v) is 1.45. The minimum atomic E-state index is 0.167. The highest BCUT2D eigenvalue weighted by molar-refractivity contribution is 5.73. The minimum absolute atomic E-state index is 0.167. The third kappa shape index (κ3) is 2.22. The van der Waals surface area contributed by atoms with Crippen LogP contribution in [0.3, 0.4) is 0 Å². The van der Waals surface area contributed by atoms with Crippen LogP contribution in [-0.4, -0.2) is 36.7 Å². The van der Waals surface area contributed by atoms with Crippen LogP contribution in [0.25, 0.3) is 0 Å². The molecule has 0 unspecified atom stereocenters. The Morgan fingerprint density at radius 3 is 2.58 bits per heavy atom. The van der Waals surface area contributed by atoms with E-state index in [1.54, 1.807) is 6.92 Å². The molecule has 0 aromatic rings. The standard InChI is InChI=1S/C8H15N3O/c1-7(12)11-5-3-8(4-6-11)10-9-2/h8,10H,2-6H2,1H3. The fraction of sp³-hybridized carbons (Fsp3) is 0.750. The molecule has 4 nitrogen and oxygen atoms in total. The molecule has 0 aromatic heterocycles. The normalized spacial score (nSPS) is 18.9. The van der Waals surface area contributed by atoms with Crippen LogP contribution in [0.2, 0.25) is 0 Å². The number of nitrogens with one attached hydrogen (secondary N) is 1. The number of piperidine rings is 1. The number of hydrogen-bond donors (Lipinski definition) is 1. The third-order valence-electron chi connectivity index (χ3n) is 2.21. The summed E-state index contributed by atoms with van der Waals surface area (Å²) in [5.74, 6) is 0.167. The molecule has 1 rings (SSSR count). The number of likely N-dealkylation sites (tertiary alicyclic amines) is 1. The summed E-state index contributed by atoms with van der Waals surface area (Å²) in [6.07, 6.45) is 1.94. The van der Waals surface area contributed by atoms with E-state index >= 15 is 0 Å². The van der Waals surface area contributed by atoms with Crippen molar-refractivity contribution in [1.82, 2.24) is 10.3 Å². The van der Waals surface area contributed by atoms with Crippen LogP contribution in [0.5, 0.6) is 0 Å². The van der Waals surface area contributed by atoms with Crippen molar-refractivity contribution in [2.45, 2.75) is 25.8 Å². The third-order valence-corrected chi connectivity index (χ3v) is 2.21. The van der Waals surface area contributed by atoms with Crippen molar-refractivity contribution in [3.8, 4) is 0 Å². The summed E-state index contributed by atoms with van der Waals surface area (Å²) >= 11 is 0. The first-order valence-electron chi connectivity index (χ1n) is 4.21. The van der Waals surface area contributed by atoms with Gasteiger partial charge in [0.05, 0.1) is 0 Å². The van der Waals surface area contributed by atoms with Gasteiger partial charge in [0.2, 0.25) is 5.91 Å². The number of hydrazone groups is 1. The summed E-state index contributed by atoms with van der Waals surface area (Å²) in [5.41, 5.74) is 2.92. The van der Waals surface area contributed by atoms with Crippen molar-refractivity contribution in [2.24, 2.45) is 5.10 Å². The van der Waals surface area contributed by atoms with Crippen LogP contribution in [-0.2, 0) is 4.79 Å². The zero-order chi connectivity index (χ0) is 8.97. The van der Waals surface area contributed by atoms with Gasteiger partial charge in [-0.05, 0) is 12.8 Å². The van der Waals surface area contributed by atoms with Crippen molar-refractivity contribution in [1.29, 1.82) is 0 Å². The first-order chi connectivity index (χ1) is 5.74. The molecule has 0 bridgehead atoms. The van der Waals surface area contributed by atoms with E-state index in [-0.39, 0.29) is 5.91 Å². The summed E-state index contributed by atoms with van der Waals surface area (Å²) in [6, 6.07) is 0.401. The molecule has 1 aliphatic heterocycles. The molecule has 1 aliphatic rings. The summed E-state index contributed by atoms with van der Waals surface area (Å²) in [5, 5.41) is 3.63. The quantitative estimate of drug-likeness (QED) is 0.474. The van der Waals surface area contributed by atoms with Crippen molar-refractivity contribution >= 4 is 12.6 Å². The second-order valence-electron chi connectivity index (χ2n) is 3.07. The Labute approximate surface area is 72.6 Å². The molecule has 0 radical (unpaired) electrons. The van der Waals surface area contributed by atoms with E-state index in [1.165, 1.54) is 0 Å². The van der Waals surface area contributed by atoms with Crippen LogP contribution in [0, 0.1) is 0 Å². The molecule has 12 heavy (non-hydrogen) atoms. The molecule has 68 valence electrons. The molecule has 1 heterocycles. The number of nitrogens with zero attached hydrogens (tertiary/aromatic N) is 2. The van der Waals surface area contributed by atoms with Gasteiger partial charge >= 0.3 is 0 Å². The molecular weight excluding hydrogens is 154 g/mol. The van der Waals surface area contributed by atoms with Gasteiger partial charge in [0.1, 0.15) is 0 Å². The highest BCUT2D eigenvalue weighted by Gasteiger charge is 2.19. The van der Waals surface area contributed by atoms with Gasteiger partial charge in [0.25, 0.3) is 0 Å². The molecule has 1 saturated heterocycles. The molecule has 1 amide bonds. The van der Waals surface area contributed by atoms with Crippen LogP contribution >= 0.6 is 0 Å². The van der Waals surface area contributed by atoms with Gasteiger partial charge in [0.15, 0.2) is 0 Å².